The molecule has 0 spiro atoms. The second kappa shape index (κ2) is 20.5. The number of nitrogens with zero attached hydrogens (tertiary/aromatic N) is 8. The van der Waals surface area contributed by atoms with Crippen molar-refractivity contribution >= 4 is 69.1 Å². The maximum atomic E-state index is 13.5. The number of benzene rings is 1. The summed E-state index contributed by atoms with van der Waals surface area (Å²) in [6.07, 6.45) is 4.94. The number of anilines is 2. The summed E-state index contributed by atoms with van der Waals surface area (Å²) in [4.78, 5) is 75.1. The van der Waals surface area contributed by atoms with Gasteiger partial charge in [-0.2, -0.15) is 0 Å². The summed E-state index contributed by atoms with van der Waals surface area (Å²) in [5.74, 6) is -1.85. The minimum atomic E-state index is -0.686. The molecule has 0 radical (unpaired) electrons. The number of primary amides is 2. The molecule has 4 aromatic rings. The minimum absolute atomic E-state index is 0.102. The minimum Gasteiger partial charge on any atom is -0.491 e. The lowest BCUT2D eigenvalue weighted by molar-refractivity contribution is -0.111. The van der Waals surface area contributed by atoms with E-state index in [1.165, 1.54) is 30.5 Å². The molecule has 0 saturated carbocycles. The molecule has 0 aliphatic heterocycles. The Balaban J connectivity index is 1.66. The van der Waals surface area contributed by atoms with Gasteiger partial charge < -0.3 is 41.9 Å². The molecule has 1 aromatic carbocycles. The van der Waals surface area contributed by atoms with Gasteiger partial charge in [-0.3, -0.25) is 44.4 Å². The van der Waals surface area contributed by atoms with E-state index in [1.54, 1.807) is 42.9 Å². The van der Waals surface area contributed by atoms with Crippen molar-refractivity contribution in [3.05, 3.63) is 59.1 Å². The zero-order valence-corrected chi connectivity index (χ0v) is 33.7. The molecule has 310 valence electrons. The Hall–Kier alpha value is -6.67. The number of fused-ring (bicyclic) bond motifs is 2. The highest BCUT2D eigenvalue weighted by Gasteiger charge is 2.22. The molecule has 0 aliphatic rings. The van der Waals surface area contributed by atoms with Crippen molar-refractivity contribution in [3.63, 3.8) is 0 Å². The van der Waals surface area contributed by atoms with E-state index in [0.29, 0.717) is 65.5 Å². The molecule has 4 amide bonds. The van der Waals surface area contributed by atoms with Crippen LogP contribution in [0.4, 0.5) is 11.9 Å². The second-order valence-corrected chi connectivity index (χ2v) is 13.3. The van der Waals surface area contributed by atoms with E-state index in [-0.39, 0.29) is 60.8 Å². The Kier molecular flexibility index (Phi) is 15.6. The number of pyridine rings is 1. The highest BCUT2D eigenvalue weighted by molar-refractivity contribution is 6.47. The Morgan fingerprint density at radius 1 is 0.776 bits per heavy atom. The van der Waals surface area contributed by atoms with E-state index < -0.39 is 23.6 Å². The lowest BCUT2D eigenvalue weighted by Gasteiger charge is -2.15. The van der Waals surface area contributed by atoms with Crippen molar-refractivity contribution < 1.29 is 28.7 Å². The molecule has 3 aromatic heterocycles. The van der Waals surface area contributed by atoms with Gasteiger partial charge in [0.1, 0.15) is 28.2 Å². The number of amides is 4. The van der Waals surface area contributed by atoms with Gasteiger partial charge in [-0.05, 0) is 78.6 Å². The molecular weight excluding hydrogens is 749 g/mol. The van der Waals surface area contributed by atoms with Crippen molar-refractivity contribution in [1.82, 2.24) is 29.0 Å². The summed E-state index contributed by atoms with van der Waals surface area (Å²) in [6, 6.07) is 4.56. The van der Waals surface area contributed by atoms with Gasteiger partial charge in [0, 0.05) is 49.3 Å². The number of imidazole rings is 2. The van der Waals surface area contributed by atoms with Crippen LogP contribution in [0.3, 0.4) is 0 Å². The molecule has 58 heavy (non-hydrogen) atoms. The molecule has 10 N–H and O–H groups in total. The van der Waals surface area contributed by atoms with E-state index in [4.69, 9.17) is 32.4 Å². The molecule has 20 nitrogen and oxygen atoms in total. The first kappa shape index (κ1) is 44.0. The van der Waals surface area contributed by atoms with Crippen LogP contribution in [0, 0.1) is 0 Å². The molecular formula is C38H52N14O6. The Bertz CT molecular complexity index is 2280. The SMILES string of the molecule is CCN=C(/C=C(/C)N)C(=O)Nc1nc2cc(C(N)=O)cnc2n1CCOCCn1c(NC(=O)C(/C=C(/C)N)=NCC)nc2cc(C(N)=O)cc(OCCCN(C)C)c21. The van der Waals surface area contributed by atoms with Gasteiger partial charge in [-0.15, -0.1) is 0 Å². The monoisotopic (exact) mass is 800 g/mol. The van der Waals surface area contributed by atoms with Crippen LogP contribution in [0.1, 0.15) is 54.8 Å². The molecule has 0 aliphatic carbocycles. The van der Waals surface area contributed by atoms with Gasteiger partial charge in [0.2, 0.25) is 23.7 Å². The number of ether oxygens (including phenoxy) is 2. The fraction of sp³-hybridized carbons (Fsp3) is 0.395. The number of nitrogens with two attached hydrogens (primary N) is 4. The molecule has 20 heteroatoms. The highest BCUT2D eigenvalue weighted by Crippen LogP contribution is 2.31. The zero-order chi connectivity index (χ0) is 42.5. The van der Waals surface area contributed by atoms with Crippen LogP contribution < -0.4 is 38.3 Å². The number of hydrogen-bond acceptors (Lipinski definition) is 14. The zero-order valence-electron chi connectivity index (χ0n) is 33.7. The van der Waals surface area contributed by atoms with E-state index >= 15 is 0 Å². The maximum Gasteiger partial charge on any atom is 0.276 e. The Morgan fingerprint density at radius 3 is 1.84 bits per heavy atom. The first-order chi connectivity index (χ1) is 27.6. The number of allylic oxidation sites excluding steroid dienone is 2. The van der Waals surface area contributed by atoms with E-state index in [0.717, 1.165) is 6.54 Å². The normalized spacial score (nSPS) is 12.7. The van der Waals surface area contributed by atoms with Crippen molar-refractivity contribution in [2.75, 3.05) is 64.2 Å². The lowest BCUT2D eigenvalue weighted by Crippen LogP contribution is -2.25. The predicted octanol–water partition coefficient (Wildman–Crippen LogP) is 1.55. The summed E-state index contributed by atoms with van der Waals surface area (Å²) in [5, 5.41) is 5.60. The molecule has 4 rings (SSSR count). The largest absolute Gasteiger partial charge is 0.491 e. The molecule has 0 atom stereocenters. The fourth-order valence-corrected chi connectivity index (χ4v) is 5.69. The third-order valence-electron chi connectivity index (χ3n) is 8.19. The molecule has 0 saturated heterocycles. The topological polar surface area (TPSA) is 291 Å². The number of carbonyl (C=O) groups excluding carboxylic acids is 4. The Labute approximate surface area is 335 Å². The first-order valence-corrected chi connectivity index (χ1v) is 18.6. The molecule has 0 fully saturated rings. The number of rotatable bonds is 21. The van der Waals surface area contributed by atoms with Gasteiger partial charge in [0.15, 0.2) is 5.65 Å². The average Bonchev–Trinajstić information content (AvgIpc) is 3.68. The van der Waals surface area contributed by atoms with Crippen LogP contribution in [0.2, 0.25) is 0 Å². The first-order valence-electron chi connectivity index (χ1n) is 18.6. The summed E-state index contributed by atoms with van der Waals surface area (Å²) in [7, 11) is 3.91. The van der Waals surface area contributed by atoms with Crippen LogP contribution in [-0.2, 0) is 27.4 Å². The van der Waals surface area contributed by atoms with E-state index in [2.05, 4.69) is 35.6 Å². The third kappa shape index (κ3) is 11.7. The fourth-order valence-electron chi connectivity index (χ4n) is 5.69. The van der Waals surface area contributed by atoms with Gasteiger partial charge in [-0.25, -0.2) is 15.0 Å². The van der Waals surface area contributed by atoms with Gasteiger partial charge in [-0.1, -0.05) is 0 Å². The van der Waals surface area contributed by atoms with Crippen LogP contribution >= 0.6 is 0 Å². The van der Waals surface area contributed by atoms with E-state index in [1.807, 2.05) is 19.0 Å². The maximum absolute atomic E-state index is 13.5. The summed E-state index contributed by atoms with van der Waals surface area (Å²) < 4.78 is 15.7. The van der Waals surface area contributed by atoms with Crippen molar-refractivity contribution in [3.8, 4) is 5.75 Å². The summed E-state index contributed by atoms with van der Waals surface area (Å²) >= 11 is 0. The van der Waals surface area contributed by atoms with Gasteiger partial charge in [0.05, 0.1) is 37.4 Å². The quantitative estimate of drug-likeness (QED) is 0.0517. The van der Waals surface area contributed by atoms with Crippen LogP contribution in [0.15, 0.2) is 57.9 Å². The number of nitrogens with one attached hydrogen (secondary N) is 2. The lowest BCUT2D eigenvalue weighted by atomic mass is 10.1. The number of aromatic nitrogens is 5. The summed E-state index contributed by atoms with van der Waals surface area (Å²) in [5.41, 5.74) is 25.7. The van der Waals surface area contributed by atoms with Crippen molar-refractivity contribution in [2.24, 2.45) is 32.9 Å². The summed E-state index contributed by atoms with van der Waals surface area (Å²) in [6.45, 7) is 9.16. The van der Waals surface area contributed by atoms with E-state index in [9.17, 15) is 19.2 Å². The number of carbonyl (C=O) groups is 4. The van der Waals surface area contributed by atoms with Gasteiger partial charge >= 0.3 is 0 Å². The molecule has 0 unspecified atom stereocenters. The van der Waals surface area contributed by atoms with Crippen molar-refractivity contribution in [1.29, 1.82) is 0 Å². The predicted molar refractivity (Wildman–Crippen MR) is 223 cm³/mol. The number of hydrogen-bond donors (Lipinski definition) is 6. The van der Waals surface area contributed by atoms with Gasteiger partial charge in [0.25, 0.3) is 11.8 Å². The van der Waals surface area contributed by atoms with Crippen LogP contribution in [0.25, 0.3) is 22.2 Å². The smallest absolute Gasteiger partial charge is 0.276 e. The number of aliphatic imine (C=N–C) groups is 2. The average molecular weight is 801 g/mol. The van der Waals surface area contributed by atoms with Crippen LogP contribution in [-0.4, -0.2) is 118 Å². The molecule has 3 heterocycles. The third-order valence-corrected chi connectivity index (χ3v) is 8.19. The molecule has 0 bridgehead atoms. The standard InChI is InChI=1S/C38H52N14O6/c1-7-43-28(16-22(3)39)35(55)48-37-46-26-18-24(32(41)53)20-30(58-13-9-10-50(5)6)31(26)51(37)11-14-57-15-12-52-34-27(19-25(21-45-34)33(42)54)47-38(52)49-36(56)29(44-8-2)17-23(4)40/h16-21H,7-15,39-40H2,1-6H3,(H2,41,53)(H2,42,54)(H,46,48,55)(H,47,49,56)/b22-16-,23-17-,43-28?,44-29?. The Morgan fingerprint density at radius 2 is 1.31 bits per heavy atom. The van der Waals surface area contributed by atoms with Crippen molar-refractivity contribution in [2.45, 2.75) is 47.2 Å². The second-order valence-electron chi connectivity index (χ2n) is 13.3. The highest BCUT2D eigenvalue weighted by atomic mass is 16.5. The van der Waals surface area contributed by atoms with Crippen LogP contribution in [0.5, 0.6) is 5.75 Å².